The molecule has 23 heavy (non-hydrogen) atoms. The molecule has 0 atom stereocenters. The zero-order chi connectivity index (χ0) is 17.6. The highest BCUT2D eigenvalue weighted by molar-refractivity contribution is 5.91. The number of esters is 1. The molecule has 0 heterocycles. The third-order valence-corrected chi connectivity index (χ3v) is 2.84. The zero-order valence-electron chi connectivity index (χ0n) is 13.6. The normalized spacial score (nSPS) is 10.8. The molecule has 0 fully saturated rings. The molecular formula is C15H20N4O4. The smallest absolute Gasteiger partial charge is 0.335 e. The number of nitrogens with zero attached hydrogens (tertiary/aromatic N) is 3. The fourth-order valence-corrected chi connectivity index (χ4v) is 1.92. The number of carbonyl (C=O) groups is 2. The van der Waals surface area contributed by atoms with Gasteiger partial charge in [0.2, 0.25) is 0 Å². The number of rotatable bonds is 6. The van der Waals surface area contributed by atoms with Crippen LogP contribution in [-0.2, 0) is 16.1 Å². The Hall–Kier alpha value is -2.57. The topological polar surface area (TPSA) is 124 Å². The highest BCUT2D eigenvalue weighted by Gasteiger charge is 2.16. The first-order valence-corrected chi connectivity index (χ1v) is 6.98. The number of hydrogen-bond acceptors (Lipinski definition) is 5. The highest BCUT2D eigenvalue weighted by atomic mass is 16.6. The quantitative estimate of drug-likeness (QED) is 0.360. The Morgan fingerprint density at radius 3 is 2.57 bits per heavy atom. The van der Waals surface area contributed by atoms with Crippen LogP contribution in [0.15, 0.2) is 17.2 Å². The predicted octanol–water partition coefficient (Wildman–Crippen LogP) is 3.07. The van der Waals surface area contributed by atoms with Gasteiger partial charge in [0.1, 0.15) is 5.60 Å². The van der Waals surface area contributed by atoms with Crippen molar-refractivity contribution in [3.8, 4) is 0 Å². The first kappa shape index (κ1) is 18.5. The summed E-state index contributed by atoms with van der Waals surface area (Å²) >= 11 is 0. The minimum Gasteiger partial charge on any atom is -0.478 e. The number of carbonyl (C=O) groups excluding carboxylic acids is 1. The van der Waals surface area contributed by atoms with Crippen LogP contribution in [0.5, 0.6) is 0 Å². The molecule has 8 heteroatoms. The van der Waals surface area contributed by atoms with Crippen molar-refractivity contribution < 1.29 is 19.4 Å². The second-order valence-electron chi connectivity index (χ2n) is 5.97. The SMILES string of the molecule is Cc1c(N=[N+]=[N-])cc(CNCC(=O)OC(C)(C)C)cc1C(=O)O. The van der Waals surface area contributed by atoms with E-state index in [1.807, 2.05) is 0 Å². The number of aromatic carboxylic acids is 1. The van der Waals surface area contributed by atoms with Crippen LogP contribution in [0.4, 0.5) is 5.69 Å². The van der Waals surface area contributed by atoms with Gasteiger partial charge in [-0.2, -0.15) is 0 Å². The minimum absolute atomic E-state index is 0.00952. The Balaban J connectivity index is 2.83. The van der Waals surface area contributed by atoms with Gasteiger partial charge in [0.25, 0.3) is 0 Å². The molecular weight excluding hydrogens is 300 g/mol. The molecule has 2 N–H and O–H groups in total. The van der Waals surface area contributed by atoms with E-state index >= 15 is 0 Å². The molecule has 0 aromatic heterocycles. The fraction of sp³-hybridized carbons (Fsp3) is 0.467. The van der Waals surface area contributed by atoms with E-state index in [-0.39, 0.29) is 24.3 Å². The Morgan fingerprint density at radius 1 is 1.39 bits per heavy atom. The number of azide groups is 1. The van der Waals surface area contributed by atoms with Crippen molar-refractivity contribution in [3.05, 3.63) is 39.3 Å². The molecule has 0 spiro atoms. The van der Waals surface area contributed by atoms with Crippen molar-refractivity contribution in [2.75, 3.05) is 6.54 Å². The van der Waals surface area contributed by atoms with Gasteiger partial charge in [-0.3, -0.25) is 4.79 Å². The Bertz CT molecular complexity index is 635. The van der Waals surface area contributed by atoms with Crippen molar-refractivity contribution in [1.29, 1.82) is 0 Å². The van der Waals surface area contributed by atoms with Crippen molar-refractivity contribution >= 4 is 17.6 Å². The van der Waals surface area contributed by atoms with E-state index in [0.29, 0.717) is 11.1 Å². The van der Waals surface area contributed by atoms with Crippen molar-refractivity contribution in [1.82, 2.24) is 5.32 Å². The molecule has 0 aliphatic rings. The van der Waals surface area contributed by atoms with Gasteiger partial charge < -0.3 is 15.2 Å². The van der Waals surface area contributed by atoms with E-state index in [9.17, 15) is 14.7 Å². The lowest BCUT2D eigenvalue weighted by Gasteiger charge is -2.19. The predicted molar refractivity (Wildman–Crippen MR) is 84.5 cm³/mol. The van der Waals surface area contributed by atoms with E-state index in [2.05, 4.69) is 15.3 Å². The van der Waals surface area contributed by atoms with Crippen LogP contribution >= 0.6 is 0 Å². The average Bonchev–Trinajstić information content (AvgIpc) is 2.39. The molecule has 1 aromatic rings. The molecule has 0 saturated carbocycles. The minimum atomic E-state index is -1.11. The summed E-state index contributed by atoms with van der Waals surface area (Å²) in [6.45, 7) is 7.13. The van der Waals surface area contributed by atoms with Crippen molar-refractivity contribution in [3.63, 3.8) is 0 Å². The van der Waals surface area contributed by atoms with Gasteiger partial charge in [-0.05, 0) is 56.5 Å². The summed E-state index contributed by atoms with van der Waals surface area (Å²) in [5.41, 5.74) is 9.30. The molecule has 0 unspecified atom stereocenters. The van der Waals surface area contributed by atoms with Gasteiger partial charge >= 0.3 is 11.9 Å². The fourth-order valence-electron chi connectivity index (χ4n) is 1.92. The molecule has 0 saturated heterocycles. The molecule has 0 radical (unpaired) electrons. The molecule has 0 bridgehead atoms. The largest absolute Gasteiger partial charge is 0.478 e. The number of carboxylic acids is 1. The van der Waals surface area contributed by atoms with E-state index in [4.69, 9.17) is 10.3 Å². The van der Waals surface area contributed by atoms with Gasteiger partial charge in [-0.1, -0.05) is 5.11 Å². The molecule has 124 valence electrons. The molecule has 1 rings (SSSR count). The first-order valence-electron chi connectivity index (χ1n) is 6.98. The number of ether oxygens (including phenoxy) is 1. The zero-order valence-corrected chi connectivity index (χ0v) is 13.6. The standard InChI is InChI=1S/C15H20N4O4/c1-9-11(14(21)22)5-10(6-12(9)18-19-16)7-17-8-13(20)23-15(2,3)4/h5-6,17H,7-8H2,1-4H3,(H,21,22). The maximum absolute atomic E-state index is 11.6. The lowest BCUT2D eigenvalue weighted by molar-refractivity contribution is -0.153. The van der Waals surface area contributed by atoms with Gasteiger partial charge in [-0.15, -0.1) is 0 Å². The molecule has 8 nitrogen and oxygen atoms in total. The average molecular weight is 320 g/mol. The lowest BCUT2D eigenvalue weighted by atomic mass is 10.0. The van der Waals surface area contributed by atoms with Gasteiger partial charge in [0.05, 0.1) is 12.1 Å². The van der Waals surface area contributed by atoms with Crippen LogP contribution in [-0.4, -0.2) is 29.2 Å². The molecule has 0 aliphatic carbocycles. The second kappa shape index (κ2) is 7.62. The summed E-state index contributed by atoms with van der Waals surface area (Å²) < 4.78 is 5.16. The summed E-state index contributed by atoms with van der Waals surface area (Å²) in [7, 11) is 0. The molecule has 1 aromatic carbocycles. The van der Waals surface area contributed by atoms with Crippen LogP contribution in [0.3, 0.4) is 0 Å². The summed E-state index contributed by atoms with van der Waals surface area (Å²) in [5.74, 6) is -1.51. The third kappa shape index (κ3) is 5.98. The van der Waals surface area contributed by atoms with Crippen molar-refractivity contribution in [2.24, 2.45) is 5.11 Å². The van der Waals surface area contributed by atoms with E-state index in [1.165, 1.54) is 6.07 Å². The molecule has 0 aliphatic heterocycles. The number of benzene rings is 1. The maximum atomic E-state index is 11.6. The Morgan fingerprint density at radius 2 is 2.04 bits per heavy atom. The van der Waals surface area contributed by atoms with Crippen LogP contribution < -0.4 is 5.32 Å². The van der Waals surface area contributed by atoms with Crippen LogP contribution in [0.25, 0.3) is 10.4 Å². The van der Waals surface area contributed by atoms with Crippen LogP contribution in [0, 0.1) is 6.92 Å². The van der Waals surface area contributed by atoms with E-state index in [1.54, 1.807) is 33.8 Å². The lowest BCUT2D eigenvalue weighted by Crippen LogP contribution is -2.31. The van der Waals surface area contributed by atoms with Crippen LogP contribution in [0.1, 0.15) is 42.3 Å². The van der Waals surface area contributed by atoms with Gasteiger partial charge in [0, 0.05) is 17.1 Å². The molecule has 0 amide bonds. The number of carboxylic acid groups (broad SMARTS) is 1. The Labute approximate surface area is 134 Å². The number of hydrogen-bond donors (Lipinski definition) is 2. The first-order chi connectivity index (χ1) is 10.6. The van der Waals surface area contributed by atoms with Crippen molar-refractivity contribution in [2.45, 2.75) is 39.8 Å². The van der Waals surface area contributed by atoms with E-state index < -0.39 is 17.5 Å². The summed E-state index contributed by atoms with van der Waals surface area (Å²) in [4.78, 5) is 25.5. The van der Waals surface area contributed by atoms with Gasteiger partial charge in [-0.25, -0.2) is 4.79 Å². The van der Waals surface area contributed by atoms with Gasteiger partial charge in [0.15, 0.2) is 0 Å². The second-order valence-corrected chi connectivity index (χ2v) is 5.97. The monoisotopic (exact) mass is 320 g/mol. The van der Waals surface area contributed by atoms with E-state index in [0.717, 1.165) is 0 Å². The highest BCUT2D eigenvalue weighted by Crippen LogP contribution is 2.25. The summed E-state index contributed by atoms with van der Waals surface area (Å²) in [6.07, 6.45) is 0. The maximum Gasteiger partial charge on any atom is 0.335 e. The summed E-state index contributed by atoms with van der Waals surface area (Å²) in [6, 6.07) is 3.07. The Kier molecular flexibility index (Phi) is 6.12. The number of nitrogens with one attached hydrogen (secondary N) is 1. The third-order valence-electron chi connectivity index (χ3n) is 2.84. The summed E-state index contributed by atoms with van der Waals surface area (Å²) in [5, 5.41) is 15.6. The van der Waals surface area contributed by atoms with Crippen LogP contribution in [0.2, 0.25) is 0 Å².